The van der Waals surface area contributed by atoms with Crippen molar-refractivity contribution in [2.75, 3.05) is 0 Å². The van der Waals surface area contributed by atoms with Crippen LogP contribution in [0.3, 0.4) is 0 Å². The Hall–Kier alpha value is -1.33. The Bertz CT molecular complexity index is 366. The summed E-state index contributed by atoms with van der Waals surface area (Å²) in [5, 5.41) is 12.6. The van der Waals surface area contributed by atoms with Gasteiger partial charge >= 0.3 is 0 Å². The number of nitriles is 1. The predicted octanol–water partition coefficient (Wildman–Crippen LogP) is 3.03. The monoisotopic (exact) mass is 214 g/mol. The second-order valence-electron chi connectivity index (χ2n) is 4.57. The number of rotatable bonds is 3. The highest BCUT2D eigenvalue weighted by Gasteiger charge is 2.27. The van der Waals surface area contributed by atoms with Gasteiger partial charge in [-0.05, 0) is 25.3 Å². The van der Waals surface area contributed by atoms with E-state index >= 15 is 0 Å². The van der Waals surface area contributed by atoms with E-state index in [1.165, 1.54) is 12.0 Å². The van der Waals surface area contributed by atoms with Crippen LogP contribution in [0.5, 0.6) is 0 Å². The van der Waals surface area contributed by atoms with Crippen molar-refractivity contribution >= 4 is 0 Å². The standard InChI is InChI=1S/C14H18N2/c1-11(12-6-3-2-4-7-12)16-14-9-5-8-13(14)10-15/h2-4,6-7,11,13-14,16H,5,8-9H2,1H3. The Morgan fingerprint density at radius 1 is 1.31 bits per heavy atom. The maximum Gasteiger partial charge on any atom is 0.0672 e. The molecule has 1 aliphatic carbocycles. The lowest BCUT2D eigenvalue weighted by Crippen LogP contribution is -2.33. The maximum atomic E-state index is 9.03. The van der Waals surface area contributed by atoms with Crippen LogP contribution in [0.1, 0.15) is 37.8 Å². The van der Waals surface area contributed by atoms with Crippen LogP contribution >= 0.6 is 0 Å². The summed E-state index contributed by atoms with van der Waals surface area (Å²) < 4.78 is 0. The van der Waals surface area contributed by atoms with E-state index in [4.69, 9.17) is 5.26 Å². The third-order valence-corrected chi connectivity index (χ3v) is 3.45. The molecule has 0 amide bonds. The largest absolute Gasteiger partial charge is 0.306 e. The zero-order chi connectivity index (χ0) is 11.4. The first-order valence-corrected chi connectivity index (χ1v) is 6.02. The molecule has 0 spiro atoms. The first-order chi connectivity index (χ1) is 7.81. The average molecular weight is 214 g/mol. The van der Waals surface area contributed by atoms with E-state index in [1.807, 2.05) is 6.07 Å². The summed E-state index contributed by atoms with van der Waals surface area (Å²) in [4.78, 5) is 0. The number of hydrogen-bond acceptors (Lipinski definition) is 2. The topological polar surface area (TPSA) is 35.8 Å². The fourth-order valence-corrected chi connectivity index (χ4v) is 2.47. The molecule has 2 rings (SSSR count). The van der Waals surface area contributed by atoms with Gasteiger partial charge in [-0.15, -0.1) is 0 Å². The van der Waals surface area contributed by atoms with Crippen molar-refractivity contribution in [2.45, 2.75) is 38.3 Å². The highest BCUT2D eigenvalue weighted by molar-refractivity contribution is 5.18. The van der Waals surface area contributed by atoms with E-state index in [0.717, 1.165) is 12.8 Å². The van der Waals surface area contributed by atoms with Gasteiger partial charge in [-0.1, -0.05) is 36.8 Å². The third-order valence-electron chi connectivity index (χ3n) is 3.45. The Morgan fingerprint density at radius 2 is 2.06 bits per heavy atom. The van der Waals surface area contributed by atoms with Crippen molar-refractivity contribution in [3.05, 3.63) is 35.9 Å². The van der Waals surface area contributed by atoms with Crippen molar-refractivity contribution in [1.82, 2.24) is 5.32 Å². The second kappa shape index (κ2) is 5.14. The molecule has 0 bridgehead atoms. The Balaban J connectivity index is 1.98. The van der Waals surface area contributed by atoms with Crippen LogP contribution in [-0.4, -0.2) is 6.04 Å². The van der Waals surface area contributed by atoms with Crippen LogP contribution in [0.15, 0.2) is 30.3 Å². The highest BCUT2D eigenvalue weighted by Crippen LogP contribution is 2.27. The molecule has 0 radical (unpaired) electrons. The SMILES string of the molecule is CC(NC1CCCC1C#N)c1ccccc1. The summed E-state index contributed by atoms with van der Waals surface area (Å²) in [6.45, 7) is 2.17. The molecule has 0 aromatic heterocycles. The predicted molar refractivity (Wildman–Crippen MR) is 64.7 cm³/mol. The van der Waals surface area contributed by atoms with Gasteiger partial charge in [0.15, 0.2) is 0 Å². The van der Waals surface area contributed by atoms with Crippen LogP contribution in [0, 0.1) is 17.2 Å². The van der Waals surface area contributed by atoms with E-state index in [1.54, 1.807) is 0 Å². The van der Waals surface area contributed by atoms with Gasteiger partial charge in [-0.25, -0.2) is 0 Å². The molecule has 3 unspecified atom stereocenters. The minimum atomic E-state index is 0.200. The summed E-state index contributed by atoms with van der Waals surface area (Å²) in [6.07, 6.45) is 3.36. The van der Waals surface area contributed by atoms with Gasteiger partial charge in [-0.3, -0.25) is 0 Å². The molecule has 1 saturated carbocycles. The Kier molecular flexibility index (Phi) is 3.58. The van der Waals surface area contributed by atoms with Gasteiger partial charge in [0.25, 0.3) is 0 Å². The quantitative estimate of drug-likeness (QED) is 0.839. The third kappa shape index (κ3) is 2.43. The molecule has 0 saturated heterocycles. The highest BCUT2D eigenvalue weighted by atomic mass is 15.0. The minimum Gasteiger partial charge on any atom is -0.306 e. The summed E-state index contributed by atoms with van der Waals surface area (Å²) in [7, 11) is 0. The first-order valence-electron chi connectivity index (χ1n) is 6.02. The van der Waals surface area contributed by atoms with E-state index in [2.05, 4.69) is 42.6 Å². The van der Waals surface area contributed by atoms with Crippen LogP contribution in [0.25, 0.3) is 0 Å². The molecule has 3 atom stereocenters. The fraction of sp³-hybridized carbons (Fsp3) is 0.500. The molecular formula is C14H18N2. The molecule has 1 aromatic carbocycles. The lowest BCUT2D eigenvalue weighted by atomic mass is 10.0. The number of nitrogens with zero attached hydrogens (tertiary/aromatic N) is 1. The lowest BCUT2D eigenvalue weighted by molar-refractivity contribution is 0.417. The Labute approximate surface area is 97.3 Å². The summed E-state index contributed by atoms with van der Waals surface area (Å²) >= 11 is 0. The molecule has 1 aliphatic rings. The molecule has 2 heteroatoms. The second-order valence-corrected chi connectivity index (χ2v) is 4.57. The van der Waals surface area contributed by atoms with E-state index < -0.39 is 0 Å². The Morgan fingerprint density at radius 3 is 2.75 bits per heavy atom. The maximum absolute atomic E-state index is 9.03. The summed E-state index contributed by atoms with van der Waals surface area (Å²) in [6, 6.07) is 13.5. The molecule has 16 heavy (non-hydrogen) atoms. The summed E-state index contributed by atoms with van der Waals surface area (Å²) in [5.41, 5.74) is 1.30. The molecule has 0 heterocycles. The van der Waals surface area contributed by atoms with Crippen LogP contribution < -0.4 is 5.32 Å². The first kappa shape index (κ1) is 11.2. The van der Waals surface area contributed by atoms with Crippen molar-refractivity contribution in [3.8, 4) is 6.07 Å². The molecule has 1 fully saturated rings. The van der Waals surface area contributed by atoms with Crippen molar-refractivity contribution in [2.24, 2.45) is 5.92 Å². The average Bonchev–Trinajstić information content (AvgIpc) is 2.77. The number of nitrogens with one attached hydrogen (secondary N) is 1. The van der Waals surface area contributed by atoms with Gasteiger partial charge in [0.2, 0.25) is 0 Å². The minimum absolute atomic E-state index is 0.200. The van der Waals surface area contributed by atoms with Crippen LogP contribution in [-0.2, 0) is 0 Å². The van der Waals surface area contributed by atoms with Gasteiger partial charge in [-0.2, -0.15) is 5.26 Å². The van der Waals surface area contributed by atoms with E-state index in [0.29, 0.717) is 12.1 Å². The molecule has 1 N–H and O–H groups in total. The van der Waals surface area contributed by atoms with E-state index in [9.17, 15) is 0 Å². The lowest BCUT2D eigenvalue weighted by Gasteiger charge is -2.21. The van der Waals surface area contributed by atoms with Crippen LogP contribution in [0.4, 0.5) is 0 Å². The molecule has 1 aromatic rings. The number of hydrogen-bond donors (Lipinski definition) is 1. The van der Waals surface area contributed by atoms with Gasteiger partial charge in [0, 0.05) is 12.1 Å². The van der Waals surface area contributed by atoms with Gasteiger partial charge < -0.3 is 5.32 Å². The normalized spacial score (nSPS) is 26.2. The summed E-state index contributed by atoms with van der Waals surface area (Å²) in [5.74, 6) is 0.200. The zero-order valence-corrected chi connectivity index (χ0v) is 9.69. The van der Waals surface area contributed by atoms with Gasteiger partial charge in [0.1, 0.15) is 0 Å². The fourth-order valence-electron chi connectivity index (χ4n) is 2.47. The zero-order valence-electron chi connectivity index (χ0n) is 9.69. The van der Waals surface area contributed by atoms with Crippen molar-refractivity contribution < 1.29 is 0 Å². The van der Waals surface area contributed by atoms with Crippen LogP contribution in [0.2, 0.25) is 0 Å². The van der Waals surface area contributed by atoms with E-state index in [-0.39, 0.29) is 5.92 Å². The molecule has 84 valence electrons. The smallest absolute Gasteiger partial charge is 0.0672 e. The van der Waals surface area contributed by atoms with Crippen molar-refractivity contribution in [3.63, 3.8) is 0 Å². The molecule has 2 nitrogen and oxygen atoms in total. The van der Waals surface area contributed by atoms with Crippen molar-refractivity contribution in [1.29, 1.82) is 5.26 Å². The molecule has 0 aliphatic heterocycles. The van der Waals surface area contributed by atoms with Gasteiger partial charge in [0.05, 0.1) is 12.0 Å². The molecular weight excluding hydrogens is 196 g/mol. The number of benzene rings is 1.